The van der Waals surface area contributed by atoms with Crippen LogP contribution in [-0.2, 0) is 16.2 Å². The number of ether oxygens (including phenoxy) is 1. The van der Waals surface area contributed by atoms with Crippen molar-refractivity contribution in [3.63, 3.8) is 0 Å². The molecule has 5 aromatic carbocycles. The highest BCUT2D eigenvalue weighted by Crippen LogP contribution is 2.50. The molecule has 0 aromatic heterocycles. The lowest BCUT2D eigenvalue weighted by Gasteiger charge is -2.44. The Bertz CT molecular complexity index is 2130. The average Bonchev–Trinajstić information content (AvgIpc) is 3.14. The second-order valence-corrected chi connectivity index (χ2v) is 14.3. The summed E-state index contributed by atoms with van der Waals surface area (Å²) in [5.74, 6) is -0.761. The van der Waals surface area contributed by atoms with Crippen LogP contribution in [0.4, 0.5) is 16.2 Å². The summed E-state index contributed by atoms with van der Waals surface area (Å²) in [6, 6.07) is 37.5. The van der Waals surface area contributed by atoms with E-state index in [2.05, 4.69) is 80.7 Å². The molecule has 0 radical (unpaired) electrons. The first-order valence-corrected chi connectivity index (χ1v) is 18.1. The molecule has 3 heterocycles. The van der Waals surface area contributed by atoms with Gasteiger partial charge in [0.1, 0.15) is 17.9 Å². The lowest BCUT2D eigenvalue weighted by atomic mass is 9.76. The van der Waals surface area contributed by atoms with Crippen molar-refractivity contribution in [2.75, 3.05) is 22.9 Å². The summed E-state index contributed by atoms with van der Waals surface area (Å²) in [6.07, 6.45) is 3.33. The maximum atomic E-state index is 14.4. The Hall–Kier alpha value is -5.47. The van der Waals surface area contributed by atoms with Crippen LogP contribution in [-0.4, -0.2) is 30.9 Å². The summed E-state index contributed by atoms with van der Waals surface area (Å²) >= 11 is 3.53. The monoisotopic (exact) mass is 737 g/mol. The molecule has 4 amide bonds. The van der Waals surface area contributed by atoms with E-state index >= 15 is 0 Å². The molecule has 51 heavy (non-hydrogen) atoms. The number of benzene rings is 5. The molecule has 0 unspecified atom stereocenters. The predicted octanol–water partition coefficient (Wildman–Crippen LogP) is 8.88. The summed E-state index contributed by atoms with van der Waals surface area (Å²) in [7, 11) is 0. The fraction of sp³-hybridized carbons (Fsp3) is 0.186. The molecule has 5 aromatic rings. The predicted molar refractivity (Wildman–Crippen MR) is 203 cm³/mol. The van der Waals surface area contributed by atoms with Crippen LogP contribution in [0, 0.1) is 6.92 Å². The van der Waals surface area contributed by atoms with Gasteiger partial charge in [-0.15, -0.1) is 0 Å². The van der Waals surface area contributed by atoms with E-state index in [4.69, 9.17) is 4.74 Å². The van der Waals surface area contributed by atoms with Gasteiger partial charge in [-0.3, -0.25) is 14.9 Å². The molecule has 1 N–H and O–H groups in total. The normalized spacial score (nSPS) is 19.2. The quantitative estimate of drug-likeness (QED) is 0.133. The Morgan fingerprint density at radius 3 is 2.06 bits per heavy atom. The fourth-order valence-corrected chi connectivity index (χ4v) is 8.12. The summed E-state index contributed by atoms with van der Waals surface area (Å²) in [4.78, 5) is 45.1. The van der Waals surface area contributed by atoms with Crippen LogP contribution in [0.1, 0.15) is 63.6 Å². The summed E-state index contributed by atoms with van der Waals surface area (Å²) in [5, 5.41) is 2.45. The van der Waals surface area contributed by atoms with Gasteiger partial charge in [-0.2, -0.15) is 0 Å². The van der Waals surface area contributed by atoms with Crippen LogP contribution in [0.3, 0.4) is 0 Å². The van der Waals surface area contributed by atoms with E-state index < -0.39 is 17.8 Å². The number of amides is 4. The van der Waals surface area contributed by atoms with Crippen molar-refractivity contribution >= 4 is 51.2 Å². The zero-order chi connectivity index (χ0) is 35.1. The standard InChI is InChI=1S/C43H36BrN3O4/c1-27-9-8-10-28(21-27)26-51-39-16-15-32(44)22-31(39)23-38-41(48)45-43(50)47(42(38)49)33-24-36-34(29-11-4-2-5-12-29)17-19-46-20-18-35(37(25-33)40(36)46)30-13-6-3-7-14-30/h2-16,21-25,34-35H,17-20,26H2,1H3,(H,45,48,50)/b38-23+/t34-,35-/m1/s1. The number of carbonyl (C=O) groups is 3. The average molecular weight is 739 g/mol. The van der Waals surface area contributed by atoms with E-state index in [-0.39, 0.29) is 17.4 Å². The lowest BCUT2D eigenvalue weighted by Crippen LogP contribution is -2.54. The van der Waals surface area contributed by atoms with Gasteiger partial charge in [0.05, 0.1) is 5.69 Å². The van der Waals surface area contributed by atoms with Gasteiger partial charge >= 0.3 is 6.03 Å². The third kappa shape index (κ3) is 6.36. The number of imide groups is 2. The molecule has 1 saturated heterocycles. The van der Waals surface area contributed by atoms with Gasteiger partial charge in [-0.1, -0.05) is 106 Å². The molecular weight excluding hydrogens is 702 g/mol. The molecular formula is C43H36BrN3O4. The van der Waals surface area contributed by atoms with Crippen molar-refractivity contribution in [1.82, 2.24) is 5.32 Å². The number of urea groups is 1. The Morgan fingerprint density at radius 2 is 1.43 bits per heavy atom. The molecule has 0 bridgehead atoms. The minimum absolute atomic E-state index is 0.0834. The largest absolute Gasteiger partial charge is 0.488 e. The summed E-state index contributed by atoms with van der Waals surface area (Å²) in [5.41, 5.74) is 8.68. The van der Waals surface area contributed by atoms with Crippen LogP contribution in [0.2, 0.25) is 0 Å². The minimum atomic E-state index is -0.768. The van der Waals surface area contributed by atoms with Crippen LogP contribution >= 0.6 is 15.9 Å². The van der Waals surface area contributed by atoms with Gasteiger partial charge in [0.25, 0.3) is 11.8 Å². The van der Waals surface area contributed by atoms with Gasteiger partial charge in [0.2, 0.25) is 0 Å². The highest BCUT2D eigenvalue weighted by Gasteiger charge is 2.40. The molecule has 8 heteroatoms. The van der Waals surface area contributed by atoms with Crippen LogP contribution < -0.4 is 19.9 Å². The number of anilines is 2. The second-order valence-electron chi connectivity index (χ2n) is 13.4. The van der Waals surface area contributed by atoms with Crippen LogP contribution in [0.15, 0.2) is 125 Å². The number of nitrogens with zero attached hydrogens (tertiary/aromatic N) is 2. The first kappa shape index (κ1) is 32.7. The van der Waals surface area contributed by atoms with E-state index in [0.29, 0.717) is 23.6 Å². The maximum absolute atomic E-state index is 14.4. The van der Waals surface area contributed by atoms with E-state index in [1.165, 1.54) is 22.9 Å². The molecule has 3 aliphatic heterocycles. The number of halogens is 1. The zero-order valence-corrected chi connectivity index (χ0v) is 29.7. The number of hydrogen-bond donors (Lipinski definition) is 1. The van der Waals surface area contributed by atoms with Crippen LogP contribution in [0.5, 0.6) is 5.75 Å². The van der Waals surface area contributed by atoms with Crippen molar-refractivity contribution in [3.8, 4) is 5.75 Å². The van der Waals surface area contributed by atoms with Gasteiger partial charge in [0, 0.05) is 40.6 Å². The number of rotatable bonds is 7. The molecule has 3 aliphatic rings. The molecule has 254 valence electrons. The van der Waals surface area contributed by atoms with Gasteiger partial charge in [-0.05, 0) is 84.0 Å². The van der Waals surface area contributed by atoms with Crippen molar-refractivity contribution in [2.24, 2.45) is 0 Å². The highest BCUT2D eigenvalue weighted by atomic mass is 79.9. The molecule has 2 atom stereocenters. The molecule has 0 spiro atoms. The molecule has 0 aliphatic carbocycles. The maximum Gasteiger partial charge on any atom is 0.335 e. The van der Waals surface area contributed by atoms with E-state index in [1.54, 1.807) is 12.1 Å². The van der Waals surface area contributed by atoms with Crippen LogP contribution in [0.25, 0.3) is 6.08 Å². The van der Waals surface area contributed by atoms with Gasteiger partial charge in [0.15, 0.2) is 0 Å². The number of barbiturate groups is 1. The molecule has 1 fully saturated rings. The van der Waals surface area contributed by atoms with Crippen molar-refractivity contribution in [2.45, 2.75) is 38.2 Å². The highest BCUT2D eigenvalue weighted by molar-refractivity contribution is 9.10. The number of nitrogens with one attached hydrogen (secondary N) is 1. The topological polar surface area (TPSA) is 79.0 Å². The summed E-state index contributed by atoms with van der Waals surface area (Å²) < 4.78 is 6.96. The van der Waals surface area contributed by atoms with E-state index in [1.807, 2.05) is 55.5 Å². The Morgan fingerprint density at radius 1 is 0.784 bits per heavy atom. The van der Waals surface area contributed by atoms with E-state index in [0.717, 1.165) is 57.6 Å². The smallest absolute Gasteiger partial charge is 0.335 e. The second kappa shape index (κ2) is 13.7. The third-order valence-electron chi connectivity index (χ3n) is 10.1. The third-order valence-corrected chi connectivity index (χ3v) is 10.6. The van der Waals surface area contributed by atoms with Crippen molar-refractivity contribution in [1.29, 1.82) is 0 Å². The zero-order valence-electron chi connectivity index (χ0n) is 28.1. The minimum Gasteiger partial charge on any atom is -0.488 e. The molecule has 8 rings (SSSR count). The van der Waals surface area contributed by atoms with Crippen molar-refractivity contribution in [3.05, 3.63) is 164 Å². The number of aryl methyl sites for hydroxylation is 1. The Kier molecular flexibility index (Phi) is 8.78. The lowest BCUT2D eigenvalue weighted by molar-refractivity contribution is -0.122. The SMILES string of the molecule is Cc1cccc(COc2ccc(Br)cc2/C=C2\C(=O)NC(=O)N(c3cc4c5c(c3)[C@@H](c3ccccc3)CCN5CC[C@@H]4c3ccccc3)C2=O)c1. The fourth-order valence-electron chi connectivity index (χ4n) is 7.74. The van der Waals surface area contributed by atoms with Gasteiger partial charge < -0.3 is 9.64 Å². The number of carbonyl (C=O) groups excluding carboxylic acids is 3. The number of hydrogen-bond acceptors (Lipinski definition) is 5. The van der Waals surface area contributed by atoms with Crippen molar-refractivity contribution < 1.29 is 19.1 Å². The Labute approximate surface area is 305 Å². The first-order valence-electron chi connectivity index (χ1n) is 17.3. The van der Waals surface area contributed by atoms with E-state index in [9.17, 15) is 14.4 Å². The molecule has 7 nitrogen and oxygen atoms in total. The first-order chi connectivity index (χ1) is 24.8. The van der Waals surface area contributed by atoms with Gasteiger partial charge in [-0.25, -0.2) is 9.69 Å². The molecule has 0 saturated carbocycles. The summed E-state index contributed by atoms with van der Waals surface area (Å²) in [6.45, 7) is 4.18. The Balaban J connectivity index is 1.22.